The number of carbonyl (C=O) groups excluding carboxylic acids is 3. The summed E-state index contributed by atoms with van der Waals surface area (Å²) < 4.78 is 10.8. The third kappa shape index (κ3) is 6.29. The van der Waals surface area contributed by atoms with Gasteiger partial charge in [0.1, 0.15) is 0 Å². The molecule has 8 heteroatoms. The number of anilines is 1. The van der Waals surface area contributed by atoms with Crippen molar-refractivity contribution in [2.75, 3.05) is 12.4 Å². The number of rotatable bonds is 6. The van der Waals surface area contributed by atoms with Crippen molar-refractivity contribution in [1.82, 2.24) is 5.43 Å². The topological polar surface area (TPSA) is 106 Å². The molecule has 0 unspecified atom stereocenters. The summed E-state index contributed by atoms with van der Waals surface area (Å²) in [4.78, 5) is 36.6. The molecule has 0 radical (unpaired) electrons. The Morgan fingerprint density at radius 1 is 0.765 bits per heavy atom. The van der Waals surface area contributed by atoms with E-state index in [1.807, 2.05) is 38.1 Å². The minimum Gasteiger partial charge on any atom is -0.493 e. The van der Waals surface area contributed by atoms with Crippen molar-refractivity contribution in [2.45, 2.75) is 20.8 Å². The average Bonchev–Trinajstić information content (AvgIpc) is 2.84. The van der Waals surface area contributed by atoms with Crippen LogP contribution in [0, 0.1) is 13.8 Å². The number of hydrogen-bond donors (Lipinski definition) is 2. The predicted molar refractivity (Wildman–Crippen MR) is 129 cm³/mol. The SMILES string of the molecule is COc1cc(C(C)=NNC(=O)C(=O)Nc2ccc(C)cc2)ccc1OC(=O)c1ccc(C)cc1. The summed E-state index contributed by atoms with van der Waals surface area (Å²) in [7, 11) is 1.45. The quantitative estimate of drug-likeness (QED) is 0.190. The van der Waals surface area contributed by atoms with Crippen molar-refractivity contribution >= 4 is 29.2 Å². The minimum atomic E-state index is -0.907. The van der Waals surface area contributed by atoms with Crippen LogP contribution in [0.1, 0.15) is 34.0 Å². The lowest BCUT2D eigenvalue weighted by atomic mass is 10.1. The van der Waals surface area contributed by atoms with E-state index in [9.17, 15) is 14.4 Å². The normalized spacial score (nSPS) is 10.9. The molecular weight excluding hydrogens is 434 g/mol. The number of methoxy groups -OCH3 is 1. The molecule has 2 amide bonds. The standard InChI is InChI=1S/C26H25N3O5/c1-16-5-9-19(10-6-16)26(32)34-22-14-11-20(15-23(22)33-4)18(3)28-29-25(31)24(30)27-21-12-7-17(2)8-13-21/h5-15H,1-4H3,(H,27,30)(H,29,31). The van der Waals surface area contributed by atoms with Crippen molar-refractivity contribution in [3.63, 3.8) is 0 Å². The van der Waals surface area contributed by atoms with Gasteiger partial charge in [-0.05, 0) is 63.2 Å². The van der Waals surface area contributed by atoms with Crippen LogP contribution >= 0.6 is 0 Å². The van der Waals surface area contributed by atoms with Gasteiger partial charge >= 0.3 is 17.8 Å². The number of amides is 2. The van der Waals surface area contributed by atoms with E-state index in [-0.39, 0.29) is 5.75 Å². The van der Waals surface area contributed by atoms with Gasteiger partial charge < -0.3 is 14.8 Å². The average molecular weight is 460 g/mol. The summed E-state index contributed by atoms with van der Waals surface area (Å²) in [5.74, 6) is -1.70. The number of carbonyl (C=O) groups is 3. The summed E-state index contributed by atoms with van der Waals surface area (Å²) in [6.45, 7) is 5.51. The molecule has 0 atom stereocenters. The predicted octanol–water partition coefficient (Wildman–Crippen LogP) is 4.01. The molecule has 34 heavy (non-hydrogen) atoms. The first kappa shape index (κ1) is 24.2. The van der Waals surface area contributed by atoms with Gasteiger partial charge in [0.05, 0.1) is 18.4 Å². The van der Waals surface area contributed by atoms with E-state index in [1.165, 1.54) is 7.11 Å². The highest BCUT2D eigenvalue weighted by Crippen LogP contribution is 2.29. The van der Waals surface area contributed by atoms with Gasteiger partial charge in [-0.3, -0.25) is 9.59 Å². The fourth-order valence-corrected chi connectivity index (χ4v) is 2.90. The Balaban J connectivity index is 1.65. The Morgan fingerprint density at radius 2 is 1.35 bits per heavy atom. The smallest absolute Gasteiger partial charge is 0.343 e. The number of ether oxygens (including phenoxy) is 2. The van der Waals surface area contributed by atoms with Gasteiger partial charge in [-0.15, -0.1) is 0 Å². The molecule has 0 aliphatic carbocycles. The summed E-state index contributed by atoms with van der Waals surface area (Å²) in [6, 6.07) is 18.9. The van der Waals surface area contributed by atoms with Crippen molar-refractivity contribution in [3.05, 3.63) is 89.0 Å². The molecule has 0 heterocycles. The second-order valence-electron chi connectivity index (χ2n) is 7.58. The van der Waals surface area contributed by atoms with E-state index >= 15 is 0 Å². The van der Waals surface area contributed by atoms with Crippen LogP contribution in [0.2, 0.25) is 0 Å². The first-order chi connectivity index (χ1) is 16.3. The van der Waals surface area contributed by atoms with Gasteiger partial charge in [0, 0.05) is 11.3 Å². The van der Waals surface area contributed by atoms with Crippen molar-refractivity contribution in [1.29, 1.82) is 0 Å². The first-order valence-electron chi connectivity index (χ1n) is 10.5. The molecule has 3 rings (SSSR count). The molecule has 0 aromatic heterocycles. The third-order valence-corrected chi connectivity index (χ3v) is 4.91. The molecule has 0 fully saturated rings. The van der Waals surface area contributed by atoms with Gasteiger partial charge in [-0.2, -0.15) is 5.10 Å². The maximum atomic E-state index is 12.4. The highest BCUT2D eigenvalue weighted by molar-refractivity contribution is 6.39. The lowest BCUT2D eigenvalue weighted by molar-refractivity contribution is -0.136. The van der Waals surface area contributed by atoms with Crippen LogP contribution in [0.15, 0.2) is 71.8 Å². The van der Waals surface area contributed by atoms with Crippen molar-refractivity contribution in [3.8, 4) is 11.5 Å². The second kappa shape index (κ2) is 10.9. The molecule has 2 N–H and O–H groups in total. The Morgan fingerprint density at radius 3 is 1.97 bits per heavy atom. The van der Waals surface area contributed by atoms with E-state index in [4.69, 9.17) is 9.47 Å². The Kier molecular flexibility index (Phi) is 7.76. The van der Waals surface area contributed by atoms with Gasteiger partial charge in [-0.1, -0.05) is 35.4 Å². The van der Waals surface area contributed by atoms with Crippen LogP contribution in [-0.4, -0.2) is 30.6 Å². The number of esters is 1. The molecule has 174 valence electrons. The highest BCUT2D eigenvalue weighted by Gasteiger charge is 2.15. The molecule has 0 aliphatic rings. The van der Waals surface area contributed by atoms with Crippen LogP contribution in [0.4, 0.5) is 5.69 Å². The summed E-state index contributed by atoms with van der Waals surface area (Å²) in [5.41, 5.74) is 6.25. The third-order valence-electron chi connectivity index (χ3n) is 4.91. The van der Waals surface area contributed by atoms with Crippen molar-refractivity contribution < 1.29 is 23.9 Å². The van der Waals surface area contributed by atoms with Crippen LogP contribution in [0.3, 0.4) is 0 Å². The van der Waals surface area contributed by atoms with Crippen LogP contribution < -0.4 is 20.2 Å². The maximum absolute atomic E-state index is 12.4. The van der Waals surface area contributed by atoms with Gasteiger partial charge in [0.2, 0.25) is 0 Å². The van der Waals surface area contributed by atoms with E-state index in [0.29, 0.717) is 28.3 Å². The molecule has 0 aliphatic heterocycles. The molecule has 8 nitrogen and oxygen atoms in total. The van der Waals surface area contributed by atoms with E-state index in [0.717, 1.165) is 11.1 Å². The molecule has 3 aromatic carbocycles. The number of benzene rings is 3. The van der Waals surface area contributed by atoms with Crippen LogP contribution in [0.25, 0.3) is 0 Å². The van der Waals surface area contributed by atoms with Gasteiger partial charge in [0.15, 0.2) is 11.5 Å². The largest absolute Gasteiger partial charge is 0.493 e. The highest BCUT2D eigenvalue weighted by atomic mass is 16.6. The van der Waals surface area contributed by atoms with Crippen molar-refractivity contribution in [2.24, 2.45) is 5.10 Å². The zero-order valence-electron chi connectivity index (χ0n) is 19.3. The lowest BCUT2D eigenvalue weighted by Gasteiger charge is -2.11. The maximum Gasteiger partial charge on any atom is 0.343 e. The zero-order valence-corrected chi connectivity index (χ0v) is 19.3. The van der Waals surface area contributed by atoms with E-state index in [2.05, 4.69) is 15.8 Å². The first-order valence-corrected chi connectivity index (χ1v) is 10.5. The number of nitrogens with zero attached hydrogens (tertiary/aromatic N) is 1. The Bertz CT molecular complexity index is 1230. The number of hydrazone groups is 1. The summed E-state index contributed by atoms with van der Waals surface area (Å²) in [5, 5.41) is 6.49. The van der Waals surface area contributed by atoms with Gasteiger partial charge in [0.25, 0.3) is 0 Å². The molecule has 3 aromatic rings. The molecule has 0 bridgehead atoms. The summed E-state index contributed by atoms with van der Waals surface area (Å²) in [6.07, 6.45) is 0. The number of nitrogens with one attached hydrogen (secondary N) is 2. The van der Waals surface area contributed by atoms with Gasteiger partial charge in [-0.25, -0.2) is 10.2 Å². The van der Waals surface area contributed by atoms with Crippen LogP contribution in [-0.2, 0) is 9.59 Å². The molecule has 0 saturated heterocycles. The Hall–Kier alpha value is -4.46. The fraction of sp³-hybridized carbons (Fsp3) is 0.154. The Labute approximate surface area is 197 Å². The van der Waals surface area contributed by atoms with E-state index < -0.39 is 17.8 Å². The molecule has 0 saturated carbocycles. The molecular formula is C26H25N3O5. The number of hydrogen-bond acceptors (Lipinski definition) is 6. The molecule has 0 spiro atoms. The minimum absolute atomic E-state index is 0.242. The lowest BCUT2D eigenvalue weighted by Crippen LogP contribution is -2.32. The van der Waals surface area contributed by atoms with E-state index in [1.54, 1.807) is 49.4 Å². The summed E-state index contributed by atoms with van der Waals surface area (Å²) >= 11 is 0. The zero-order chi connectivity index (χ0) is 24.7. The second-order valence-corrected chi connectivity index (χ2v) is 7.58. The van der Waals surface area contributed by atoms with Crippen LogP contribution in [0.5, 0.6) is 11.5 Å². The monoisotopic (exact) mass is 459 g/mol. The number of aryl methyl sites for hydroxylation is 2. The fourth-order valence-electron chi connectivity index (χ4n) is 2.90.